The predicted molar refractivity (Wildman–Crippen MR) is 96.1 cm³/mol. The highest BCUT2D eigenvalue weighted by Gasteiger charge is 2.40. The molecule has 0 aliphatic carbocycles. The number of thioether (sulfide) groups is 1. The number of aromatic nitrogens is 2. The van der Waals surface area contributed by atoms with Crippen LogP contribution in [-0.2, 0) is 4.74 Å². The summed E-state index contributed by atoms with van der Waals surface area (Å²) < 4.78 is 7.58. The molecule has 23 heavy (non-hydrogen) atoms. The molecule has 2 fully saturated rings. The van der Waals surface area contributed by atoms with E-state index in [0.717, 1.165) is 32.8 Å². The molecular weight excluding hydrogens is 308 g/mol. The Kier molecular flexibility index (Phi) is 5.67. The fourth-order valence-electron chi connectivity index (χ4n) is 3.45. The van der Waals surface area contributed by atoms with Crippen LogP contribution in [0.25, 0.3) is 0 Å². The Bertz CT molecular complexity index is 493. The summed E-state index contributed by atoms with van der Waals surface area (Å²) >= 11 is 2.09. The van der Waals surface area contributed by atoms with Gasteiger partial charge >= 0.3 is 0 Å². The number of nitrogens with one attached hydrogen (secondary N) is 1. The van der Waals surface area contributed by atoms with E-state index in [1.54, 1.807) is 0 Å². The van der Waals surface area contributed by atoms with Crippen molar-refractivity contribution in [2.24, 2.45) is 0 Å². The van der Waals surface area contributed by atoms with E-state index in [9.17, 15) is 0 Å². The van der Waals surface area contributed by atoms with Crippen LogP contribution in [0.2, 0.25) is 0 Å². The van der Waals surface area contributed by atoms with Crippen LogP contribution in [0.1, 0.15) is 44.8 Å². The second-order valence-electron chi connectivity index (χ2n) is 7.08. The maximum Gasteiger partial charge on any atom is 0.0594 e. The third-order valence-corrected chi connectivity index (χ3v) is 6.39. The average molecular weight is 339 g/mol. The van der Waals surface area contributed by atoms with Gasteiger partial charge in [-0.25, -0.2) is 0 Å². The quantitative estimate of drug-likeness (QED) is 0.862. The fourth-order valence-corrected chi connectivity index (χ4v) is 4.93. The summed E-state index contributed by atoms with van der Waals surface area (Å²) in [5.74, 6) is 2.51. The van der Waals surface area contributed by atoms with E-state index in [0.29, 0.717) is 17.6 Å². The molecule has 0 amide bonds. The monoisotopic (exact) mass is 338 g/mol. The van der Waals surface area contributed by atoms with Gasteiger partial charge in [-0.2, -0.15) is 16.9 Å². The van der Waals surface area contributed by atoms with Gasteiger partial charge < -0.3 is 10.1 Å². The van der Waals surface area contributed by atoms with E-state index < -0.39 is 0 Å². The molecule has 1 N–H and O–H groups in total. The molecule has 0 spiro atoms. The van der Waals surface area contributed by atoms with E-state index in [1.807, 2.05) is 10.9 Å². The van der Waals surface area contributed by atoms with Crippen molar-refractivity contribution in [3.63, 3.8) is 0 Å². The largest absolute Gasteiger partial charge is 0.379 e. The van der Waals surface area contributed by atoms with Crippen molar-refractivity contribution in [1.29, 1.82) is 0 Å². The molecule has 1 aromatic rings. The van der Waals surface area contributed by atoms with Crippen molar-refractivity contribution in [2.75, 3.05) is 44.4 Å². The van der Waals surface area contributed by atoms with E-state index in [2.05, 4.69) is 54.0 Å². The molecule has 0 unspecified atom stereocenters. The van der Waals surface area contributed by atoms with Gasteiger partial charge in [0.15, 0.2) is 0 Å². The minimum absolute atomic E-state index is 0.302. The Hall–Kier alpha value is -0.560. The van der Waals surface area contributed by atoms with Crippen molar-refractivity contribution in [3.05, 3.63) is 18.0 Å². The zero-order chi connectivity index (χ0) is 16.3. The maximum absolute atomic E-state index is 5.54. The van der Waals surface area contributed by atoms with Crippen LogP contribution < -0.4 is 5.32 Å². The first-order valence-corrected chi connectivity index (χ1v) is 9.94. The zero-order valence-corrected chi connectivity index (χ0v) is 15.4. The Morgan fingerprint density at radius 3 is 2.74 bits per heavy atom. The molecule has 3 rings (SSSR count). The summed E-state index contributed by atoms with van der Waals surface area (Å²) in [7, 11) is 0. The lowest BCUT2D eigenvalue weighted by Crippen LogP contribution is -2.58. The molecular formula is C17H30N4OS. The van der Waals surface area contributed by atoms with Gasteiger partial charge in [0.05, 0.1) is 19.4 Å². The smallest absolute Gasteiger partial charge is 0.0594 e. The fraction of sp³-hybridized carbons (Fsp3) is 0.824. The summed E-state index contributed by atoms with van der Waals surface area (Å²) in [6.45, 7) is 11.5. The number of ether oxygens (including phenoxy) is 1. The number of morpholine rings is 1. The molecule has 0 aromatic carbocycles. The van der Waals surface area contributed by atoms with E-state index >= 15 is 0 Å². The molecule has 5 nitrogen and oxygen atoms in total. The van der Waals surface area contributed by atoms with Gasteiger partial charge in [0.25, 0.3) is 0 Å². The molecule has 130 valence electrons. The van der Waals surface area contributed by atoms with Crippen LogP contribution in [-0.4, -0.2) is 64.6 Å². The van der Waals surface area contributed by atoms with Crippen LogP contribution in [0, 0.1) is 0 Å². The van der Waals surface area contributed by atoms with Crippen molar-refractivity contribution in [3.8, 4) is 0 Å². The first-order chi connectivity index (χ1) is 11.1. The Labute approximate surface area is 144 Å². The summed E-state index contributed by atoms with van der Waals surface area (Å²) in [5, 5.41) is 8.25. The number of hydrogen-bond acceptors (Lipinski definition) is 5. The highest BCUT2D eigenvalue weighted by molar-refractivity contribution is 7.99. The lowest BCUT2D eigenvalue weighted by molar-refractivity contribution is -0.0139. The molecule has 0 saturated carbocycles. The molecule has 0 bridgehead atoms. The van der Waals surface area contributed by atoms with Crippen molar-refractivity contribution in [1.82, 2.24) is 20.0 Å². The second-order valence-corrected chi connectivity index (χ2v) is 8.18. The molecule has 0 radical (unpaired) electrons. The third kappa shape index (κ3) is 3.92. The number of nitrogens with zero attached hydrogens (tertiary/aromatic N) is 3. The van der Waals surface area contributed by atoms with Crippen molar-refractivity contribution in [2.45, 2.75) is 44.8 Å². The van der Waals surface area contributed by atoms with Crippen LogP contribution in [0.15, 0.2) is 12.4 Å². The number of hydrogen-bond donors (Lipinski definition) is 1. The van der Waals surface area contributed by atoms with Gasteiger partial charge in [-0.1, -0.05) is 0 Å². The molecule has 3 heterocycles. The second kappa shape index (κ2) is 7.55. The first-order valence-electron chi connectivity index (χ1n) is 8.79. The predicted octanol–water partition coefficient (Wildman–Crippen LogP) is 2.32. The van der Waals surface area contributed by atoms with Crippen LogP contribution in [0.3, 0.4) is 0 Å². The normalized spacial score (nSPS) is 27.7. The van der Waals surface area contributed by atoms with Gasteiger partial charge in [-0.3, -0.25) is 9.58 Å². The van der Waals surface area contributed by atoms with Crippen molar-refractivity contribution >= 4 is 11.8 Å². The van der Waals surface area contributed by atoms with Gasteiger partial charge in [0, 0.05) is 54.8 Å². The Morgan fingerprint density at radius 1 is 1.35 bits per heavy atom. The van der Waals surface area contributed by atoms with Gasteiger partial charge in [0.1, 0.15) is 0 Å². The van der Waals surface area contributed by atoms with Gasteiger partial charge in [-0.05, 0) is 32.9 Å². The van der Waals surface area contributed by atoms with Crippen LogP contribution in [0.4, 0.5) is 0 Å². The van der Waals surface area contributed by atoms with E-state index in [-0.39, 0.29) is 0 Å². The maximum atomic E-state index is 5.54. The summed E-state index contributed by atoms with van der Waals surface area (Å²) in [6.07, 6.45) is 5.46. The van der Waals surface area contributed by atoms with Crippen molar-refractivity contribution < 1.29 is 4.74 Å². The third-order valence-electron chi connectivity index (χ3n) is 5.15. The van der Waals surface area contributed by atoms with Crippen LogP contribution in [0.5, 0.6) is 0 Å². The molecule has 1 aromatic heterocycles. The lowest BCUT2D eigenvalue weighted by Gasteiger charge is -2.43. The average Bonchev–Trinajstić information content (AvgIpc) is 3.24. The lowest BCUT2D eigenvalue weighted by atomic mass is 9.95. The standard InChI is InChI=1S/C17H30N4OS/c1-14(2)21-11-16(10-19-21)15(3)18-12-17(4-9-23-13-17)20-5-7-22-8-6-20/h10-11,14-15,18H,4-9,12-13H2,1-3H3/t15-,17+/m0/s1. The van der Waals surface area contributed by atoms with Gasteiger partial charge in [0.2, 0.25) is 0 Å². The summed E-state index contributed by atoms with van der Waals surface area (Å²) in [6, 6.07) is 0.757. The SMILES string of the molecule is CC(C)n1cc([C@H](C)NC[C@]2(N3CCOCC3)CCSC2)cn1. The first kappa shape index (κ1) is 17.3. The Balaban J connectivity index is 1.61. The molecule has 2 saturated heterocycles. The number of rotatable bonds is 6. The summed E-state index contributed by atoms with van der Waals surface area (Å²) in [5.41, 5.74) is 1.58. The molecule has 6 heteroatoms. The topological polar surface area (TPSA) is 42.3 Å². The van der Waals surface area contributed by atoms with Crippen LogP contribution >= 0.6 is 11.8 Å². The highest BCUT2D eigenvalue weighted by Crippen LogP contribution is 2.34. The van der Waals surface area contributed by atoms with E-state index in [4.69, 9.17) is 4.74 Å². The molecule has 2 aliphatic rings. The summed E-state index contributed by atoms with van der Waals surface area (Å²) in [4.78, 5) is 2.66. The Morgan fingerprint density at radius 2 is 2.13 bits per heavy atom. The molecule has 2 aliphatic heterocycles. The zero-order valence-electron chi connectivity index (χ0n) is 14.6. The molecule has 2 atom stereocenters. The highest BCUT2D eigenvalue weighted by atomic mass is 32.2. The van der Waals surface area contributed by atoms with E-state index in [1.165, 1.54) is 23.5 Å². The minimum Gasteiger partial charge on any atom is -0.379 e. The minimum atomic E-state index is 0.302. The van der Waals surface area contributed by atoms with Gasteiger partial charge in [-0.15, -0.1) is 0 Å².